The van der Waals surface area contributed by atoms with Crippen LogP contribution in [-0.2, 0) is 0 Å². The summed E-state index contributed by atoms with van der Waals surface area (Å²) in [5.41, 5.74) is 0.822. The second-order valence-electron chi connectivity index (χ2n) is 5.66. The van der Waals surface area contributed by atoms with E-state index in [-0.39, 0.29) is 5.78 Å². The van der Waals surface area contributed by atoms with Crippen molar-refractivity contribution in [3.8, 4) is 0 Å². The molecule has 6 heteroatoms. The Kier molecular flexibility index (Phi) is 5.85. The third-order valence-corrected chi connectivity index (χ3v) is 4.67. The lowest BCUT2D eigenvalue weighted by Crippen LogP contribution is -2.18. The smallest absolute Gasteiger partial charge is 0.188 e. The molecule has 1 aliphatic heterocycles. The molecule has 0 unspecified atom stereocenters. The normalized spacial score (nSPS) is 14.3. The molecular formula is C16H24N4OS. The van der Waals surface area contributed by atoms with Gasteiger partial charge in [0.05, 0.1) is 0 Å². The first-order valence-corrected chi connectivity index (χ1v) is 8.51. The van der Waals surface area contributed by atoms with Crippen LogP contribution in [0, 0.1) is 0 Å². The van der Waals surface area contributed by atoms with Gasteiger partial charge in [0.1, 0.15) is 16.2 Å². The van der Waals surface area contributed by atoms with E-state index in [0.717, 1.165) is 35.8 Å². The van der Waals surface area contributed by atoms with E-state index in [1.165, 1.54) is 24.2 Å². The second-order valence-corrected chi connectivity index (χ2v) is 6.64. The maximum absolute atomic E-state index is 11.3. The van der Waals surface area contributed by atoms with Crippen LogP contribution in [0.4, 0.5) is 5.82 Å². The topological polar surface area (TPSA) is 49.3 Å². The number of aromatic nitrogens is 2. The fourth-order valence-electron chi connectivity index (χ4n) is 2.08. The molecule has 0 N–H and O–H groups in total. The quantitative estimate of drug-likeness (QED) is 0.814. The van der Waals surface area contributed by atoms with Gasteiger partial charge in [-0.3, -0.25) is 4.79 Å². The molecule has 0 spiro atoms. The highest BCUT2D eigenvalue weighted by Crippen LogP contribution is 2.25. The summed E-state index contributed by atoms with van der Waals surface area (Å²) in [6.45, 7) is 6.97. The first-order valence-electron chi connectivity index (χ1n) is 7.69. The maximum atomic E-state index is 11.3. The Bertz CT molecular complexity index is 632. The van der Waals surface area contributed by atoms with Crippen LogP contribution in [0.1, 0.15) is 36.5 Å². The van der Waals surface area contributed by atoms with Gasteiger partial charge in [0.25, 0.3) is 0 Å². The molecule has 0 aromatic carbocycles. The van der Waals surface area contributed by atoms with Crippen molar-refractivity contribution in [3.05, 3.63) is 17.1 Å². The predicted octanol–water partition coefficient (Wildman–Crippen LogP) is 3.06. The minimum atomic E-state index is 0.00993. The molecule has 0 radical (unpaired) electrons. The zero-order valence-corrected chi connectivity index (χ0v) is 14.6. The lowest BCUT2D eigenvalue weighted by Gasteiger charge is -2.15. The number of fused-ring (bicyclic) bond motifs is 1. The van der Waals surface area contributed by atoms with Crippen molar-refractivity contribution >= 4 is 33.3 Å². The predicted molar refractivity (Wildman–Crippen MR) is 93.1 cm³/mol. The molecular weight excluding hydrogens is 296 g/mol. The van der Waals surface area contributed by atoms with Crippen LogP contribution in [0.3, 0.4) is 0 Å². The van der Waals surface area contributed by atoms with Crippen LogP contribution in [0.25, 0.3) is 10.3 Å². The molecule has 1 saturated heterocycles. The number of nitrogens with zero attached hydrogens (tertiary/aromatic N) is 4. The maximum Gasteiger partial charge on any atom is 0.188 e. The Labute approximate surface area is 136 Å². The van der Waals surface area contributed by atoms with Crippen LogP contribution in [0.15, 0.2) is 12.1 Å². The highest BCUT2D eigenvalue weighted by atomic mass is 32.1. The average molecular weight is 320 g/mol. The number of hydrogen-bond acceptors (Lipinski definition) is 6. The molecule has 1 fully saturated rings. The van der Waals surface area contributed by atoms with Gasteiger partial charge in [0.15, 0.2) is 10.8 Å². The van der Waals surface area contributed by atoms with Crippen LogP contribution in [0.2, 0.25) is 0 Å². The Morgan fingerprint density at radius 3 is 2.45 bits per heavy atom. The summed E-state index contributed by atoms with van der Waals surface area (Å²) in [5.74, 6) is 1.02. The minimum absolute atomic E-state index is 0.00993. The molecule has 0 atom stereocenters. The molecule has 5 nitrogen and oxygen atoms in total. The van der Waals surface area contributed by atoms with Crippen molar-refractivity contribution in [2.75, 3.05) is 38.6 Å². The number of hydrogen-bond donors (Lipinski definition) is 0. The van der Waals surface area contributed by atoms with Gasteiger partial charge in [-0.2, -0.15) is 0 Å². The van der Waals surface area contributed by atoms with Crippen molar-refractivity contribution in [2.24, 2.45) is 0 Å². The molecule has 2 aromatic heterocycles. The van der Waals surface area contributed by atoms with Crippen molar-refractivity contribution in [3.63, 3.8) is 0 Å². The largest absolute Gasteiger partial charge is 0.357 e. The third kappa shape index (κ3) is 4.24. The number of rotatable bonds is 3. The van der Waals surface area contributed by atoms with Gasteiger partial charge >= 0.3 is 0 Å². The monoisotopic (exact) mass is 320 g/mol. The minimum Gasteiger partial charge on any atom is -0.357 e. The SMILES string of the molecule is CC(=O)c1nc2ccc(N3CCCC3)nc2s1.CCN(C)C. The standard InChI is InChI=1S/C12H13N3OS.C4H11N/c1-8(16)11-13-9-4-5-10(14-12(9)17-11)15-6-2-3-7-15;1-4-5(2)3/h4-5H,2-3,6-7H2,1H3;4H2,1-3H3. The lowest BCUT2D eigenvalue weighted by molar-refractivity contribution is 0.101. The summed E-state index contributed by atoms with van der Waals surface area (Å²) in [6.07, 6.45) is 2.47. The molecule has 1 aliphatic rings. The van der Waals surface area contributed by atoms with E-state index >= 15 is 0 Å². The molecule has 0 bridgehead atoms. The fraction of sp³-hybridized carbons (Fsp3) is 0.562. The fourth-order valence-corrected chi connectivity index (χ4v) is 2.91. The summed E-state index contributed by atoms with van der Waals surface area (Å²) >= 11 is 1.38. The van der Waals surface area contributed by atoms with E-state index in [4.69, 9.17) is 0 Å². The van der Waals surface area contributed by atoms with E-state index in [1.807, 2.05) is 12.1 Å². The van der Waals surface area contributed by atoms with E-state index in [2.05, 4.69) is 40.8 Å². The Balaban J connectivity index is 0.000000309. The van der Waals surface area contributed by atoms with Crippen LogP contribution >= 0.6 is 11.3 Å². The Morgan fingerprint density at radius 2 is 1.91 bits per heavy atom. The highest BCUT2D eigenvalue weighted by molar-refractivity contribution is 7.19. The van der Waals surface area contributed by atoms with Crippen LogP contribution in [-0.4, -0.2) is 54.4 Å². The van der Waals surface area contributed by atoms with E-state index in [1.54, 1.807) is 6.92 Å². The summed E-state index contributed by atoms with van der Waals surface area (Å²) in [4.78, 5) is 25.4. The van der Waals surface area contributed by atoms with Gasteiger partial charge in [-0.25, -0.2) is 9.97 Å². The molecule has 0 aliphatic carbocycles. The van der Waals surface area contributed by atoms with Gasteiger partial charge in [0.2, 0.25) is 0 Å². The zero-order chi connectivity index (χ0) is 16.1. The van der Waals surface area contributed by atoms with Crippen molar-refractivity contribution in [1.82, 2.24) is 14.9 Å². The summed E-state index contributed by atoms with van der Waals surface area (Å²) in [7, 11) is 4.11. The van der Waals surface area contributed by atoms with Gasteiger partial charge in [0, 0.05) is 20.0 Å². The first kappa shape index (κ1) is 16.8. The third-order valence-electron chi connectivity index (χ3n) is 3.60. The number of pyridine rings is 1. The number of carbonyl (C=O) groups is 1. The Morgan fingerprint density at radius 1 is 1.27 bits per heavy atom. The van der Waals surface area contributed by atoms with Gasteiger partial charge in [-0.05, 0) is 45.6 Å². The summed E-state index contributed by atoms with van der Waals surface area (Å²) in [6, 6.07) is 3.95. The van der Waals surface area contributed by atoms with Gasteiger partial charge < -0.3 is 9.80 Å². The number of anilines is 1. The number of carbonyl (C=O) groups excluding carboxylic acids is 1. The Hall–Kier alpha value is -1.53. The molecule has 3 heterocycles. The molecule has 3 rings (SSSR count). The van der Waals surface area contributed by atoms with Crippen LogP contribution < -0.4 is 4.90 Å². The van der Waals surface area contributed by atoms with Crippen molar-refractivity contribution in [1.29, 1.82) is 0 Å². The lowest BCUT2D eigenvalue weighted by atomic mass is 10.4. The van der Waals surface area contributed by atoms with E-state index < -0.39 is 0 Å². The summed E-state index contributed by atoms with van der Waals surface area (Å²) < 4.78 is 0. The summed E-state index contributed by atoms with van der Waals surface area (Å²) in [5, 5.41) is 0.547. The van der Waals surface area contributed by atoms with Crippen molar-refractivity contribution < 1.29 is 4.79 Å². The molecule has 22 heavy (non-hydrogen) atoms. The number of Topliss-reactive ketones (excluding diaryl/α,β-unsaturated/α-hetero) is 1. The van der Waals surface area contributed by atoms with Crippen molar-refractivity contribution in [2.45, 2.75) is 26.7 Å². The average Bonchev–Trinajstić information content (AvgIpc) is 3.16. The van der Waals surface area contributed by atoms with E-state index in [0.29, 0.717) is 5.01 Å². The molecule has 120 valence electrons. The number of thiazole rings is 1. The number of ketones is 1. The second kappa shape index (κ2) is 7.65. The molecule has 0 saturated carbocycles. The first-order chi connectivity index (χ1) is 10.5. The molecule has 2 aromatic rings. The van der Waals surface area contributed by atoms with E-state index in [9.17, 15) is 4.79 Å². The van der Waals surface area contributed by atoms with Gasteiger partial charge in [-0.15, -0.1) is 0 Å². The highest BCUT2D eigenvalue weighted by Gasteiger charge is 2.15. The molecule has 0 amide bonds. The van der Waals surface area contributed by atoms with Crippen LogP contribution in [0.5, 0.6) is 0 Å². The van der Waals surface area contributed by atoms with Gasteiger partial charge in [-0.1, -0.05) is 18.3 Å². The zero-order valence-electron chi connectivity index (χ0n) is 13.8.